The van der Waals surface area contributed by atoms with Gasteiger partial charge in [0.2, 0.25) is 5.91 Å². The molecule has 1 saturated carbocycles. The largest absolute Gasteiger partial charge is 0.384 e. The van der Waals surface area contributed by atoms with Crippen LogP contribution in [0.1, 0.15) is 32.5 Å². The lowest BCUT2D eigenvalue weighted by Gasteiger charge is -2.15. The third kappa shape index (κ3) is 3.32. The molecule has 6 nitrogen and oxygen atoms in total. The topological polar surface area (TPSA) is 92.9 Å². The van der Waals surface area contributed by atoms with Crippen molar-refractivity contribution in [2.24, 2.45) is 0 Å². The SMILES string of the molecule is CCc1nc(N)cc(NC(C)C(=O)NC2CC2)n1. The normalized spacial score (nSPS) is 16.1. The summed E-state index contributed by atoms with van der Waals surface area (Å²) < 4.78 is 0. The number of carbonyl (C=O) groups is 1. The van der Waals surface area contributed by atoms with Gasteiger partial charge >= 0.3 is 0 Å². The second-order valence-corrected chi connectivity index (χ2v) is 4.60. The average molecular weight is 249 g/mol. The van der Waals surface area contributed by atoms with Gasteiger partial charge in [-0.25, -0.2) is 9.97 Å². The highest BCUT2D eigenvalue weighted by molar-refractivity contribution is 5.84. The molecule has 0 bridgehead atoms. The minimum absolute atomic E-state index is 0.00673. The lowest BCUT2D eigenvalue weighted by atomic mass is 10.3. The standard InChI is InChI=1S/C12H19N5O/c1-3-10-16-9(13)6-11(17-10)14-7(2)12(18)15-8-4-5-8/h6-8H,3-5H2,1-2H3,(H,15,18)(H3,13,14,16,17). The van der Waals surface area contributed by atoms with E-state index in [2.05, 4.69) is 20.6 Å². The zero-order valence-electron chi connectivity index (χ0n) is 10.7. The number of hydrogen-bond acceptors (Lipinski definition) is 5. The molecule has 18 heavy (non-hydrogen) atoms. The number of aromatic nitrogens is 2. The molecule has 6 heteroatoms. The summed E-state index contributed by atoms with van der Waals surface area (Å²) in [5, 5.41) is 5.99. The second kappa shape index (κ2) is 5.20. The molecule has 0 radical (unpaired) electrons. The van der Waals surface area contributed by atoms with E-state index in [1.807, 2.05) is 13.8 Å². The van der Waals surface area contributed by atoms with Gasteiger partial charge in [-0.2, -0.15) is 0 Å². The van der Waals surface area contributed by atoms with Crippen molar-refractivity contribution in [3.8, 4) is 0 Å². The summed E-state index contributed by atoms with van der Waals surface area (Å²) in [5.74, 6) is 1.68. The van der Waals surface area contributed by atoms with Crippen LogP contribution >= 0.6 is 0 Å². The Bertz CT molecular complexity index is 444. The van der Waals surface area contributed by atoms with Crippen molar-refractivity contribution >= 4 is 17.5 Å². The average Bonchev–Trinajstić information content (AvgIpc) is 3.11. The highest BCUT2D eigenvalue weighted by Gasteiger charge is 2.25. The predicted octanol–water partition coefficient (Wildman–Crippen LogP) is 0.700. The van der Waals surface area contributed by atoms with Gasteiger partial charge in [0.05, 0.1) is 0 Å². The van der Waals surface area contributed by atoms with Gasteiger partial charge in [-0.15, -0.1) is 0 Å². The van der Waals surface area contributed by atoms with Crippen molar-refractivity contribution in [1.29, 1.82) is 0 Å². The Morgan fingerprint density at radius 1 is 1.56 bits per heavy atom. The molecule has 0 aliphatic heterocycles. The first kappa shape index (κ1) is 12.6. The summed E-state index contributed by atoms with van der Waals surface area (Å²) in [5.41, 5.74) is 5.69. The molecule has 4 N–H and O–H groups in total. The fraction of sp³-hybridized carbons (Fsp3) is 0.583. The third-order valence-corrected chi connectivity index (χ3v) is 2.79. The minimum Gasteiger partial charge on any atom is -0.384 e. The molecule has 0 spiro atoms. The van der Waals surface area contributed by atoms with Gasteiger partial charge in [-0.3, -0.25) is 4.79 Å². The molecule has 1 aromatic heterocycles. The van der Waals surface area contributed by atoms with Gasteiger partial charge < -0.3 is 16.4 Å². The fourth-order valence-corrected chi connectivity index (χ4v) is 1.59. The third-order valence-electron chi connectivity index (χ3n) is 2.79. The Kier molecular flexibility index (Phi) is 3.64. The van der Waals surface area contributed by atoms with Crippen LogP contribution < -0.4 is 16.4 Å². The van der Waals surface area contributed by atoms with E-state index in [0.717, 1.165) is 12.8 Å². The van der Waals surface area contributed by atoms with Crippen LogP contribution in [0.5, 0.6) is 0 Å². The minimum atomic E-state index is -0.329. The molecule has 1 aliphatic rings. The maximum atomic E-state index is 11.8. The number of nitrogens with zero attached hydrogens (tertiary/aromatic N) is 2. The molecule has 1 aliphatic carbocycles. The van der Waals surface area contributed by atoms with E-state index >= 15 is 0 Å². The quantitative estimate of drug-likeness (QED) is 0.714. The number of nitrogens with two attached hydrogens (primary N) is 1. The van der Waals surface area contributed by atoms with Gasteiger partial charge in [-0.05, 0) is 19.8 Å². The van der Waals surface area contributed by atoms with Gasteiger partial charge in [0.15, 0.2) is 0 Å². The first-order valence-corrected chi connectivity index (χ1v) is 6.29. The monoisotopic (exact) mass is 249 g/mol. The van der Waals surface area contributed by atoms with Gasteiger partial charge in [0.1, 0.15) is 23.5 Å². The van der Waals surface area contributed by atoms with Crippen molar-refractivity contribution in [1.82, 2.24) is 15.3 Å². The number of rotatable bonds is 5. The van der Waals surface area contributed by atoms with Gasteiger partial charge in [-0.1, -0.05) is 6.92 Å². The van der Waals surface area contributed by atoms with Crippen molar-refractivity contribution in [3.63, 3.8) is 0 Å². The first-order valence-electron chi connectivity index (χ1n) is 6.29. The Hall–Kier alpha value is -1.85. The molecule has 1 fully saturated rings. The van der Waals surface area contributed by atoms with Crippen LogP contribution in [-0.2, 0) is 11.2 Å². The fourth-order valence-electron chi connectivity index (χ4n) is 1.59. The molecule has 98 valence electrons. The zero-order chi connectivity index (χ0) is 13.1. The molecular formula is C12H19N5O. The summed E-state index contributed by atoms with van der Waals surface area (Å²) in [6.45, 7) is 3.77. The number of nitrogens with one attached hydrogen (secondary N) is 2. The van der Waals surface area contributed by atoms with Crippen LogP contribution in [0.3, 0.4) is 0 Å². The molecule has 0 aromatic carbocycles. The van der Waals surface area contributed by atoms with Crippen molar-refractivity contribution in [2.75, 3.05) is 11.1 Å². The van der Waals surface area contributed by atoms with E-state index in [1.165, 1.54) is 0 Å². The number of hydrogen-bond donors (Lipinski definition) is 3. The Morgan fingerprint density at radius 2 is 2.28 bits per heavy atom. The number of carbonyl (C=O) groups excluding carboxylic acids is 1. The van der Waals surface area contributed by atoms with Crippen LogP contribution in [-0.4, -0.2) is 28.0 Å². The van der Waals surface area contributed by atoms with Crippen LogP contribution in [0.25, 0.3) is 0 Å². The lowest BCUT2D eigenvalue weighted by molar-refractivity contribution is -0.121. The zero-order valence-corrected chi connectivity index (χ0v) is 10.7. The van der Waals surface area contributed by atoms with Crippen molar-refractivity contribution < 1.29 is 4.79 Å². The molecule has 0 saturated heterocycles. The highest BCUT2D eigenvalue weighted by Crippen LogP contribution is 2.19. The Balaban J connectivity index is 1.98. The number of amides is 1. The van der Waals surface area contributed by atoms with E-state index < -0.39 is 0 Å². The summed E-state index contributed by atoms with van der Waals surface area (Å²) in [6.07, 6.45) is 2.88. The summed E-state index contributed by atoms with van der Waals surface area (Å²) in [6, 6.07) is 1.67. The van der Waals surface area contributed by atoms with Gasteiger partial charge in [0.25, 0.3) is 0 Å². The van der Waals surface area contributed by atoms with Crippen LogP contribution in [0, 0.1) is 0 Å². The highest BCUT2D eigenvalue weighted by atomic mass is 16.2. The van der Waals surface area contributed by atoms with Crippen LogP contribution in [0.2, 0.25) is 0 Å². The molecule has 1 unspecified atom stereocenters. The van der Waals surface area contributed by atoms with E-state index in [0.29, 0.717) is 29.9 Å². The number of nitrogen functional groups attached to an aromatic ring is 1. The lowest BCUT2D eigenvalue weighted by Crippen LogP contribution is -2.38. The first-order chi connectivity index (χ1) is 8.58. The van der Waals surface area contributed by atoms with Crippen molar-refractivity contribution in [3.05, 3.63) is 11.9 Å². The summed E-state index contributed by atoms with van der Waals surface area (Å²) >= 11 is 0. The van der Waals surface area contributed by atoms with Crippen molar-refractivity contribution in [2.45, 2.75) is 45.2 Å². The van der Waals surface area contributed by atoms with Crippen LogP contribution in [0.15, 0.2) is 6.07 Å². The van der Waals surface area contributed by atoms with E-state index in [9.17, 15) is 4.79 Å². The smallest absolute Gasteiger partial charge is 0.242 e. The maximum Gasteiger partial charge on any atom is 0.242 e. The van der Waals surface area contributed by atoms with E-state index in [1.54, 1.807) is 6.07 Å². The van der Waals surface area contributed by atoms with E-state index in [4.69, 9.17) is 5.73 Å². The number of aryl methyl sites for hydroxylation is 1. The van der Waals surface area contributed by atoms with E-state index in [-0.39, 0.29) is 11.9 Å². The van der Waals surface area contributed by atoms with Crippen LogP contribution in [0.4, 0.5) is 11.6 Å². The molecule has 1 atom stereocenters. The molecule has 2 rings (SSSR count). The van der Waals surface area contributed by atoms with Gasteiger partial charge in [0, 0.05) is 18.5 Å². The number of anilines is 2. The second-order valence-electron chi connectivity index (χ2n) is 4.60. The molecule has 1 amide bonds. The molecular weight excluding hydrogens is 230 g/mol. The maximum absolute atomic E-state index is 11.8. The molecule has 1 heterocycles. The molecule has 1 aromatic rings. The Labute approximate surface area is 106 Å². The predicted molar refractivity (Wildman–Crippen MR) is 70.1 cm³/mol. The Morgan fingerprint density at radius 3 is 2.89 bits per heavy atom. The summed E-state index contributed by atoms with van der Waals surface area (Å²) in [4.78, 5) is 20.2. The summed E-state index contributed by atoms with van der Waals surface area (Å²) in [7, 11) is 0.